The highest BCUT2D eigenvalue weighted by atomic mass is 19.3. The summed E-state index contributed by atoms with van der Waals surface area (Å²) in [5.74, 6) is 0.0227. The molecule has 5 aromatic rings. The van der Waals surface area contributed by atoms with Crippen LogP contribution < -0.4 is 15.5 Å². The van der Waals surface area contributed by atoms with E-state index in [9.17, 15) is 28.0 Å². The van der Waals surface area contributed by atoms with Crippen LogP contribution in [0.1, 0.15) is 108 Å². The van der Waals surface area contributed by atoms with Crippen LogP contribution in [-0.4, -0.2) is 133 Å². The summed E-state index contributed by atoms with van der Waals surface area (Å²) in [4.78, 5) is 63.2. The molecule has 4 aliphatic heterocycles. The Balaban J connectivity index is 0.695. The molecular weight excluding hydrogens is 827 g/mol. The number of nitrogens with one attached hydrogen (secondary N) is 2. The molecule has 2 N–H and O–H groups in total. The Bertz CT molecular complexity index is 2590. The van der Waals surface area contributed by atoms with Crippen molar-refractivity contribution in [1.82, 2.24) is 49.3 Å². The normalized spacial score (nSPS) is 24.5. The van der Waals surface area contributed by atoms with E-state index in [1.807, 2.05) is 24.3 Å². The fraction of sp³-hybridized carbons (Fsp3) is 0.556. The van der Waals surface area contributed by atoms with Gasteiger partial charge in [-0.2, -0.15) is 15.3 Å². The molecule has 4 aromatic heterocycles. The first-order chi connectivity index (χ1) is 30.9. The quantitative estimate of drug-likeness (QED) is 0.123. The number of piperidine rings is 2. The summed E-state index contributed by atoms with van der Waals surface area (Å²) in [6.07, 6.45) is 9.11. The average Bonchev–Trinajstić information content (AvgIpc) is 4.14. The first kappa shape index (κ1) is 42.3. The van der Waals surface area contributed by atoms with Crippen molar-refractivity contribution in [2.45, 2.75) is 88.3 Å². The zero-order valence-corrected chi connectivity index (χ0v) is 36.2. The second-order valence-corrected chi connectivity index (χ2v) is 18.5. The molecule has 8 heterocycles. The van der Waals surface area contributed by atoms with Crippen molar-refractivity contribution in [3.8, 4) is 0 Å². The summed E-state index contributed by atoms with van der Waals surface area (Å²) in [6, 6.07) is 7.62. The fourth-order valence-corrected chi connectivity index (χ4v) is 10.9. The predicted octanol–water partition coefficient (Wildman–Crippen LogP) is 4.76. The number of Topliss-reactive ketones (excluding diaryl/α,β-unsaturated/α-hetero) is 1. The van der Waals surface area contributed by atoms with Gasteiger partial charge in [0, 0.05) is 56.4 Å². The number of alkyl halides is 2. The predicted molar refractivity (Wildman–Crippen MR) is 231 cm³/mol. The molecule has 1 aliphatic carbocycles. The number of morpholine rings is 1. The molecule has 0 spiro atoms. The molecule has 2 bridgehead atoms. The summed E-state index contributed by atoms with van der Waals surface area (Å²) in [5.41, 5.74) is 1.99. The minimum absolute atomic E-state index is 0.00632. The first-order valence-electron chi connectivity index (χ1n) is 22.6. The number of carbonyl (C=O) groups is 4. The summed E-state index contributed by atoms with van der Waals surface area (Å²) in [5, 5.41) is 19.1. The van der Waals surface area contributed by atoms with E-state index in [1.54, 1.807) is 28.8 Å². The van der Waals surface area contributed by atoms with Crippen LogP contribution in [0.25, 0.3) is 16.6 Å². The Morgan fingerprint density at radius 3 is 2.48 bits per heavy atom. The highest BCUT2D eigenvalue weighted by Crippen LogP contribution is 2.37. The molecule has 17 nitrogen and oxygen atoms in total. The van der Waals surface area contributed by atoms with Crippen molar-refractivity contribution in [3.05, 3.63) is 65.4 Å². The number of aryl methyl sites for hydroxylation is 1. The zero-order valence-electron chi connectivity index (χ0n) is 36.2. The van der Waals surface area contributed by atoms with E-state index in [2.05, 4.69) is 47.7 Å². The first-order valence-corrected chi connectivity index (χ1v) is 22.6. The molecule has 1 unspecified atom stereocenters. The van der Waals surface area contributed by atoms with Crippen LogP contribution in [0.15, 0.2) is 42.9 Å². The van der Waals surface area contributed by atoms with Gasteiger partial charge in [0.25, 0.3) is 12.3 Å². The fourth-order valence-electron chi connectivity index (χ4n) is 10.9. The molecule has 64 heavy (non-hydrogen) atoms. The van der Waals surface area contributed by atoms with Crippen molar-refractivity contribution in [3.63, 3.8) is 0 Å². The van der Waals surface area contributed by atoms with Gasteiger partial charge < -0.3 is 19.9 Å². The SMILES string of the molecule is CN(CC1CCC(n2cc(NC(=O)c3cnn4ccc(N5C[C@H]6C[C@@H]5CO6)nc34)c(C(F)F)n2)CC1)CC1CCN(CC(=O)c2cccc3c(C4CCC(=O)NC4=O)nn(C)c23)CC1. The Kier molecular flexibility index (Phi) is 11.5. The molecule has 1 saturated carbocycles. The summed E-state index contributed by atoms with van der Waals surface area (Å²) in [7, 11) is 3.96. The number of amides is 3. The molecule has 0 radical (unpaired) electrons. The number of likely N-dealkylation sites (tertiary alicyclic amines) is 1. The summed E-state index contributed by atoms with van der Waals surface area (Å²) < 4.78 is 39.2. The van der Waals surface area contributed by atoms with Gasteiger partial charge in [0.2, 0.25) is 11.8 Å². The standard InChI is InChI=1S/C45H54F2N12O5/c1-54(21-27-12-15-56(16-13-27)24-36(60)31-4-3-5-32-39(52-55(2)41(31)32)33-10-11-38(61)51-44(33)62)20-26-6-8-28(9-7-26)59-23-35(40(53-59)42(46)47)49-45(63)34-19-48-58-17-14-37(50-43(34)58)57-22-30-18-29(57)25-64-30/h3-5,14,17,19,23,26-30,33,42H,6-13,15-16,18,20-22,24-25H2,1-2H3,(H,49,63)(H,51,61,62)/t26?,28?,29-,30-,33?/m1/s1. The van der Waals surface area contributed by atoms with Crippen LogP contribution in [0.3, 0.4) is 0 Å². The molecule has 4 saturated heterocycles. The number of rotatable bonds is 13. The molecule has 3 amide bonds. The van der Waals surface area contributed by atoms with Crippen LogP contribution in [0.2, 0.25) is 0 Å². The maximum Gasteiger partial charge on any atom is 0.284 e. The number of hydrogen-bond acceptors (Lipinski definition) is 12. The van der Waals surface area contributed by atoms with Crippen LogP contribution in [0, 0.1) is 11.8 Å². The number of para-hydroxylation sites is 1. The van der Waals surface area contributed by atoms with Gasteiger partial charge in [-0.1, -0.05) is 12.1 Å². The summed E-state index contributed by atoms with van der Waals surface area (Å²) >= 11 is 0. The van der Waals surface area contributed by atoms with E-state index in [0.29, 0.717) is 53.8 Å². The lowest BCUT2D eigenvalue weighted by Crippen LogP contribution is -2.41. The van der Waals surface area contributed by atoms with Gasteiger partial charge in [0.15, 0.2) is 17.1 Å². The zero-order chi connectivity index (χ0) is 44.2. The molecule has 5 aliphatic rings. The Hall–Kier alpha value is -5.66. The minimum atomic E-state index is -2.86. The summed E-state index contributed by atoms with van der Waals surface area (Å²) in [6.45, 7) is 5.27. The second kappa shape index (κ2) is 17.4. The molecule has 5 fully saturated rings. The number of imide groups is 1. The average molecular weight is 881 g/mol. The topological polar surface area (TPSA) is 177 Å². The van der Waals surface area contributed by atoms with Crippen LogP contribution in [0.4, 0.5) is 20.3 Å². The monoisotopic (exact) mass is 880 g/mol. The van der Waals surface area contributed by atoms with Gasteiger partial charge in [0.1, 0.15) is 11.4 Å². The molecule has 19 heteroatoms. The third-order valence-electron chi connectivity index (χ3n) is 14.2. The van der Waals surface area contributed by atoms with E-state index < -0.39 is 23.9 Å². The number of hydrogen-bond donors (Lipinski definition) is 2. The molecule has 338 valence electrons. The maximum atomic E-state index is 14.3. The number of halogens is 2. The van der Waals surface area contributed by atoms with Crippen molar-refractivity contribution in [2.75, 3.05) is 63.1 Å². The number of ketones is 1. The minimum Gasteiger partial charge on any atom is -0.374 e. The highest BCUT2D eigenvalue weighted by molar-refractivity contribution is 6.10. The van der Waals surface area contributed by atoms with Gasteiger partial charge in [0.05, 0.1) is 60.4 Å². The largest absolute Gasteiger partial charge is 0.374 e. The third-order valence-corrected chi connectivity index (χ3v) is 14.2. The number of anilines is 2. The third kappa shape index (κ3) is 8.28. The number of ether oxygens (including phenoxy) is 1. The second-order valence-electron chi connectivity index (χ2n) is 18.5. The highest BCUT2D eigenvalue weighted by Gasteiger charge is 2.40. The smallest absolute Gasteiger partial charge is 0.284 e. The van der Waals surface area contributed by atoms with Gasteiger partial charge in [-0.3, -0.25) is 38.8 Å². The number of carbonyl (C=O) groups excluding carboxylic acids is 4. The Labute approximate surface area is 368 Å². The Morgan fingerprint density at radius 2 is 1.77 bits per heavy atom. The van der Waals surface area contributed by atoms with E-state index in [4.69, 9.17) is 9.72 Å². The lowest BCUT2D eigenvalue weighted by molar-refractivity contribution is -0.134. The number of nitrogens with zero attached hydrogens (tertiary/aromatic N) is 10. The van der Waals surface area contributed by atoms with E-state index in [1.165, 1.54) is 10.7 Å². The lowest BCUT2D eigenvalue weighted by Gasteiger charge is -2.35. The van der Waals surface area contributed by atoms with Gasteiger partial charge in [-0.05, 0) is 95.5 Å². The van der Waals surface area contributed by atoms with Gasteiger partial charge >= 0.3 is 0 Å². The van der Waals surface area contributed by atoms with E-state index >= 15 is 0 Å². The maximum absolute atomic E-state index is 14.3. The van der Waals surface area contributed by atoms with Crippen LogP contribution in [-0.2, 0) is 21.4 Å². The van der Waals surface area contributed by atoms with Gasteiger partial charge in [-0.25, -0.2) is 18.3 Å². The van der Waals surface area contributed by atoms with E-state index in [-0.39, 0.29) is 53.5 Å². The van der Waals surface area contributed by atoms with E-state index in [0.717, 1.165) is 88.9 Å². The van der Waals surface area contributed by atoms with Crippen molar-refractivity contribution in [1.29, 1.82) is 0 Å². The Morgan fingerprint density at radius 1 is 0.984 bits per heavy atom. The number of aromatic nitrogens is 7. The van der Waals surface area contributed by atoms with Crippen LogP contribution in [0.5, 0.6) is 0 Å². The lowest BCUT2D eigenvalue weighted by atomic mass is 9.85. The molecule has 3 atom stereocenters. The molecule has 10 rings (SSSR count). The van der Waals surface area contributed by atoms with Gasteiger partial charge in [-0.15, -0.1) is 0 Å². The molecule has 1 aromatic carbocycles. The van der Waals surface area contributed by atoms with Crippen molar-refractivity contribution >= 4 is 51.6 Å². The van der Waals surface area contributed by atoms with Crippen molar-refractivity contribution < 1.29 is 32.7 Å². The number of fused-ring (bicyclic) bond motifs is 4. The van der Waals surface area contributed by atoms with Crippen LogP contribution >= 0.6 is 0 Å². The van der Waals surface area contributed by atoms with Crippen molar-refractivity contribution in [2.24, 2.45) is 18.9 Å². The number of benzene rings is 1. The molecular formula is C45H54F2N12O5.